The highest BCUT2D eigenvalue weighted by molar-refractivity contribution is 7.81. The number of hydrogen-bond acceptors (Lipinski definition) is 3. The molecule has 0 spiro atoms. The second-order valence-electron chi connectivity index (χ2n) is 5.64. The Morgan fingerprint density at radius 1 is 1.27 bits per heavy atom. The third-order valence-electron chi connectivity index (χ3n) is 2.23. The first-order valence-electron chi connectivity index (χ1n) is 5.31. The summed E-state index contributed by atoms with van der Waals surface area (Å²) in [6.45, 7) is 11.5. The van der Waals surface area contributed by atoms with Crippen molar-refractivity contribution >= 4 is 12.6 Å². The van der Waals surface area contributed by atoms with Gasteiger partial charge in [-0.2, -0.15) is 27.6 Å². The third-order valence-corrected chi connectivity index (χ3v) is 2.45. The zero-order valence-corrected chi connectivity index (χ0v) is 11.2. The van der Waals surface area contributed by atoms with Crippen LogP contribution in [0.2, 0.25) is 0 Å². The molecule has 0 atom stereocenters. The highest BCUT2D eigenvalue weighted by Crippen LogP contribution is 2.20. The molecule has 0 aliphatic heterocycles. The summed E-state index contributed by atoms with van der Waals surface area (Å²) in [4.78, 5) is 1.76. The first kappa shape index (κ1) is 12.6. The Balaban J connectivity index is 2.62. The SMILES string of the molecule is CC(C)(S)CCn1ncc(C(C)(C)C)n1. The molecule has 0 aliphatic carbocycles. The highest BCUT2D eigenvalue weighted by atomic mass is 32.1. The van der Waals surface area contributed by atoms with Crippen molar-refractivity contribution < 1.29 is 0 Å². The van der Waals surface area contributed by atoms with E-state index in [2.05, 4.69) is 57.4 Å². The Labute approximate surface area is 97.7 Å². The fourth-order valence-corrected chi connectivity index (χ4v) is 1.22. The van der Waals surface area contributed by atoms with Crippen molar-refractivity contribution in [1.82, 2.24) is 15.0 Å². The normalized spacial score (nSPS) is 13.2. The summed E-state index contributed by atoms with van der Waals surface area (Å²) in [7, 11) is 0. The summed E-state index contributed by atoms with van der Waals surface area (Å²) >= 11 is 4.48. The third kappa shape index (κ3) is 4.24. The van der Waals surface area contributed by atoms with Gasteiger partial charge in [0.15, 0.2) is 0 Å². The molecule has 0 aliphatic rings. The maximum Gasteiger partial charge on any atom is 0.0880 e. The number of thiol groups is 1. The first-order chi connectivity index (χ1) is 6.68. The van der Waals surface area contributed by atoms with Crippen LogP contribution >= 0.6 is 12.6 Å². The van der Waals surface area contributed by atoms with Crippen LogP contribution in [0.25, 0.3) is 0 Å². The largest absolute Gasteiger partial charge is 0.185 e. The minimum atomic E-state index is 0.0372. The molecule has 0 saturated heterocycles. The molecule has 0 unspecified atom stereocenters. The molecule has 86 valence electrons. The number of aryl methyl sites for hydroxylation is 1. The zero-order chi connectivity index (χ0) is 11.7. The van der Waals surface area contributed by atoms with Gasteiger partial charge >= 0.3 is 0 Å². The molecule has 0 N–H and O–H groups in total. The second kappa shape index (κ2) is 4.16. The van der Waals surface area contributed by atoms with Gasteiger partial charge in [0.1, 0.15) is 0 Å². The Morgan fingerprint density at radius 3 is 2.27 bits per heavy atom. The Morgan fingerprint density at radius 2 is 1.87 bits per heavy atom. The van der Waals surface area contributed by atoms with Crippen LogP contribution in [0, 0.1) is 0 Å². The fraction of sp³-hybridized carbons (Fsp3) is 0.818. The highest BCUT2D eigenvalue weighted by Gasteiger charge is 2.18. The molecule has 1 heterocycles. The van der Waals surface area contributed by atoms with E-state index in [1.807, 2.05) is 6.20 Å². The minimum Gasteiger partial charge on any atom is -0.185 e. The van der Waals surface area contributed by atoms with E-state index in [-0.39, 0.29) is 10.2 Å². The summed E-state index contributed by atoms with van der Waals surface area (Å²) in [5.74, 6) is 0. The fourth-order valence-electron chi connectivity index (χ4n) is 1.12. The van der Waals surface area contributed by atoms with E-state index >= 15 is 0 Å². The van der Waals surface area contributed by atoms with Gasteiger partial charge in [0.2, 0.25) is 0 Å². The van der Waals surface area contributed by atoms with Crippen molar-refractivity contribution in [1.29, 1.82) is 0 Å². The number of aromatic nitrogens is 3. The molecule has 0 amide bonds. The van der Waals surface area contributed by atoms with E-state index in [9.17, 15) is 0 Å². The lowest BCUT2D eigenvalue weighted by Gasteiger charge is -2.16. The van der Waals surface area contributed by atoms with Crippen molar-refractivity contribution in [3.63, 3.8) is 0 Å². The van der Waals surface area contributed by atoms with Crippen molar-refractivity contribution in [3.8, 4) is 0 Å². The van der Waals surface area contributed by atoms with Crippen LogP contribution in [0.5, 0.6) is 0 Å². The van der Waals surface area contributed by atoms with Gasteiger partial charge in [-0.15, -0.1) is 0 Å². The molecule has 0 aromatic carbocycles. The summed E-state index contributed by atoms with van der Waals surface area (Å²) < 4.78 is 0.0372. The molecule has 4 heteroatoms. The Kier molecular flexibility index (Phi) is 3.48. The van der Waals surface area contributed by atoms with Crippen molar-refractivity contribution in [3.05, 3.63) is 11.9 Å². The van der Waals surface area contributed by atoms with Crippen LogP contribution in [-0.2, 0) is 12.0 Å². The second-order valence-corrected chi connectivity index (χ2v) is 6.85. The van der Waals surface area contributed by atoms with Crippen LogP contribution in [0.1, 0.15) is 46.7 Å². The molecule has 15 heavy (non-hydrogen) atoms. The molecular weight excluding hydrogens is 206 g/mol. The maximum atomic E-state index is 4.48. The summed E-state index contributed by atoms with van der Waals surface area (Å²) in [6, 6.07) is 0. The Bertz CT molecular complexity index is 317. The molecular formula is C11H21N3S. The number of hydrogen-bond donors (Lipinski definition) is 1. The summed E-state index contributed by atoms with van der Waals surface area (Å²) in [5, 5.41) is 8.71. The van der Waals surface area contributed by atoms with Crippen molar-refractivity contribution in [2.24, 2.45) is 0 Å². The average Bonchev–Trinajstić information content (AvgIpc) is 2.45. The Hall–Kier alpha value is -0.510. The summed E-state index contributed by atoms with van der Waals surface area (Å²) in [6.07, 6.45) is 2.82. The maximum absolute atomic E-state index is 4.48. The van der Waals surface area contributed by atoms with E-state index in [4.69, 9.17) is 0 Å². The van der Waals surface area contributed by atoms with Gasteiger partial charge in [-0.25, -0.2) is 0 Å². The molecule has 0 radical (unpaired) electrons. The topological polar surface area (TPSA) is 30.7 Å². The van der Waals surface area contributed by atoms with E-state index in [1.54, 1.807) is 4.80 Å². The van der Waals surface area contributed by atoms with E-state index < -0.39 is 0 Å². The smallest absolute Gasteiger partial charge is 0.0880 e. The summed E-state index contributed by atoms with van der Waals surface area (Å²) in [5.41, 5.74) is 1.12. The molecule has 1 aromatic heterocycles. The van der Waals surface area contributed by atoms with E-state index in [0.717, 1.165) is 18.7 Å². The lowest BCUT2D eigenvalue weighted by molar-refractivity contribution is 0.459. The average molecular weight is 227 g/mol. The van der Waals surface area contributed by atoms with Gasteiger partial charge in [0, 0.05) is 10.2 Å². The lowest BCUT2D eigenvalue weighted by atomic mass is 9.93. The van der Waals surface area contributed by atoms with E-state index in [0.29, 0.717) is 0 Å². The first-order valence-corrected chi connectivity index (χ1v) is 5.76. The molecule has 0 bridgehead atoms. The molecule has 0 saturated carbocycles. The zero-order valence-electron chi connectivity index (χ0n) is 10.3. The molecule has 0 fully saturated rings. The quantitative estimate of drug-likeness (QED) is 0.805. The monoisotopic (exact) mass is 227 g/mol. The van der Waals surface area contributed by atoms with Crippen LogP contribution in [0.4, 0.5) is 0 Å². The van der Waals surface area contributed by atoms with Crippen LogP contribution < -0.4 is 0 Å². The van der Waals surface area contributed by atoms with Gasteiger partial charge in [-0.3, -0.25) is 0 Å². The number of rotatable bonds is 3. The predicted octanol–water partition coefficient (Wildman–Crippen LogP) is 2.67. The van der Waals surface area contributed by atoms with E-state index in [1.165, 1.54) is 0 Å². The van der Waals surface area contributed by atoms with Gasteiger partial charge in [0.25, 0.3) is 0 Å². The lowest BCUT2D eigenvalue weighted by Crippen LogP contribution is -2.17. The standard InChI is InChI=1S/C11H21N3S/c1-10(2,3)9-8-12-14(13-9)7-6-11(4,5)15/h8,15H,6-7H2,1-5H3. The molecule has 1 rings (SSSR count). The van der Waals surface area contributed by atoms with Gasteiger partial charge < -0.3 is 0 Å². The van der Waals surface area contributed by atoms with Crippen LogP contribution in [0.3, 0.4) is 0 Å². The predicted molar refractivity (Wildman–Crippen MR) is 66.4 cm³/mol. The van der Waals surface area contributed by atoms with Gasteiger partial charge in [0.05, 0.1) is 18.4 Å². The van der Waals surface area contributed by atoms with Crippen molar-refractivity contribution in [2.45, 2.75) is 57.7 Å². The van der Waals surface area contributed by atoms with Crippen molar-refractivity contribution in [2.75, 3.05) is 0 Å². The van der Waals surface area contributed by atoms with Gasteiger partial charge in [-0.05, 0) is 6.42 Å². The number of nitrogens with zero attached hydrogens (tertiary/aromatic N) is 3. The van der Waals surface area contributed by atoms with Crippen LogP contribution in [0.15, 0.2) is 6.20 Å². The van der Waals surface area contributed by atoms with Crippen LogP contribution in [-0.4, -0.2) is 19.7 Å². The van der Waals surface area contributed by atoms with Gasteiger partial charge in [-0.1, -0.05) is 34.6 Å². The molecule has 1 aromatic rings. The minimum absolute atomic E-state index is 0.0372. The molecule has 3 nitrogen and oxygen atoms in total.